The van der Waals surface area contributed by atoms with Crippen LogP contribution in [0, 0.1) is 6.92 Å². The van der Waals surface area contributed by atoms with E-state index in [-0.39, 0.29) is 5.88 Å². The molecule has 0 aliphatic carbocycles. The molecule has 3 N–H and O–H groups in total. The van der Waals surface area contributed by atoms with Gasteiger partial charge in [-0.2, -0.15) is 0 Å². The average Bonchev–Trinajstić information content (AvgIpc) is 3.00. The van der Waals surface area contributed by atoms with E-state index in [1.807, 2.05) is 30.3 Å². The Bertz CT molecular complexity index is 925. The van der Waals surface area contributed by atoms with Gasteiger partial charge in [0, 0.05) is 35.9 Å². The van der Waals surface area contributed by atoms with Crippen LogP contribution in [0.3, 0.4) is 0 Å². The lowest BCUT2D eigenvalue weighted by Gasteiger charge is -2.19. The third-order valence-electron chi connectivity index (χ3n) is 4.92. The number of nitrogens with zero attached hydrogens (tertiary/aromatic N) is 2. The van der Waals surface area contributed by atoms with Crippen LogP contribution in [0.4, 0.5) is 11.4 Å². The minimum Gasteiger partial charge on any atom is -0.494 e. The SMILES string of the molecule is CCN(CC)CCNc1ccc(N=Cc2c(O)[nH]c3ccccc23)cc1C. The number of aromatic nitrogens is 1. The fourth-order valence-corrected chi connectivity index (χ4v) is 3.23. The predicted molar refractivity (Wildman–Crippen MR) is 115 cm³/mol. The third-order valence-corrected chi connectivity index (χ3v) is 4.92. The van der Waals surface area contributed by atoms with E-state index >= 15 is 0 Å². The van der Waals surface area contributed by atoms with E-state index in [1.165, 1.54) is 0 Å². The smallest absolute Gasteiger partial charge is 0.198 e. The summed E-state index contributed by atoms with van der Waals surface area (Å²) in [6, 6.07) is 13.9. The first-order chi connectivity index (χ1) is 13.1. The van der Waals surface area contributed by atoms with E-state index in [1.54, 1.807) is 6.21 Å². The van der Waals surface area contributed by atoms with Gasteiger partial charge in [-0.05, 0) is 49.8 Å². The lowest BCUT2D eigenvalue weighted by Crippen LogP contribution is -2.28. The molecule has 0 saturated heterocycles. The van der Waals surface area contributed by atoms with Crippen LogP contribution < -0.4 is 5.32 Å². The number of aryl methyl sites for hydroxylation is 1. The number of anilines is 1. The van der Waals surface area contributed by atoms with Crippen LogP contribution >= 0.6 is 0 Å². The van der Waals surface area contributed by atoms with Gasteiger partial charge in [0.15, 0.2) is 5.88 Å². The molecule has 0 unspecified atom stereocenters. The number of rotatable bonds is 8. The number of nitrogens with one attached hydrogen (secondary N) is 2. The second-order valence-electron chi connectivity index (χ2n) is 6.64. The molecule has 5 nitrogen and oxygen atoms in total. The fraction of sp³-hybridized carbons (Fsp3) is 0.318. The van der Waals surface area contributed by atoms with Crippen LogP contribution in [0.15, 0.2) is 47.5 Å². The fourth-order valence-electron chi connectivity index (χ4n) is 3.23. The van der Waals surface area contributed by atoms with Crippen molar-refractivity contribution in [1.29, 1.82) is 0 Å². The van der Waals surface area contributed by atoms with E-state index in [9.17, 15) is 5.11 Å². The van der Waals surface area contributed by atoms with E-state index in [4.69, 9.17) is 0 Å². The van der Waals surface area contributed by atoms with Crippen LogP contribution in [0.5, 0.6) is 5.88 Å². The van der Waals surface area contributed by atoms with Gasteiger partial charge in [0.25, 0.3) is 0 Å². The lowest BCUT2D eigenvalue weighted by atomic mass is 10.1. The van der Waals surface area contributed by atoms with Crippen LogP contribution in [0.2, 0.25) is 0 Å². The summed E-state index contributed by atoms with van der Waals surface area (Å²) in [4.78, 5) is 9.93. The summed E-state index contributed by atoms with van der Waals surface area (Å²) < 4.78 is 0. The summed E-state index contributed by atoms with van der Waals surface area (Å²) in [7, 11) is 0. The molecule has 0 saturated carbocycles. The Hall–Kier alpha value is -2.79. The first-order valence-electron chi connectivity index (χ1n) is 9.53. The maximum atomic E-state index is 10.1. The summed E-state index contributed by atoms with van der Waals surface area (Å²) in [5.74, 6) is 0.145. The number of aromatic hydroxyl groups is 1. The minimum atomic E-state index is 0.145. The summed E-state index contributed by atoms with van der Waals surface area (Å²) in [6.07, 6.45) is 1.72. The molecule has 0 atom stereocenters. The Morgan fingerprint density at radius 3 is 2.67 bits per heavy atom. The van der Waals surface area contributed by atoms with Crippen molar-refractivity contribution in [2.75, 3.05) is 31.5 Å². The Morgan fingerprint density at radius 1 is 1.15 bits per heavy atom. The second kappa shape index (κ2) is 8.73. The predicted octanol–water partition coefficient (Wildman–Crippen LogP) is 4.69. The van der Waals surface area contributed by atoms with Gasteiger partial charge in [-0.25, -0.2) is 0 Å². The van der Waals surface area contributed by atoms with Gasteiger partial charge in [0.05, 0.1) is 11.3 Å². The number of likely N-dealkylation sites (N-methyl/N-ethyl adjacent to an activating group) is 1. The van der Waals surface area contributed by atoms with Gasteiger partial charge in [-0.1, -0.05) is 32.0 Å². The Kier molecular flexibility index (Phi) is 6.14. The molecule has 3 aromatic rings. The number of hydrogen-bond acceptors (Lipinski definition) is 4. The second-order valence-corrected chi connectivity index (χ2v) is 6.64. The summed E-state index contributed by atoms with van der Waals surface area (Å²) in [6.45, 7) is 10.6. The first-order valence-corrected chi connectivity index (χ1v) is 9.53. The van der Waals surface area contributed by atoms with E-state index < -0.39 is 0 Å². The molecule has 2 aromatic carbocycles. The molecule has 0 radical (unpaired) electrons. The molecule has 1 heterocycles. The number of H-pyrrole nitrogens is 1. The third kappa shape index (κ3) is 4.49. The molecule has 0 amide bonds. The molecule has 0 fully saturated rings. The Morgan fingerprint density at radius 2 is 1.93 bits per heavy atom. The quantitative estimate of drug-likeness (QED) is 0.508. The molecule has 5 heteroatoms. The van der Waals surface area contributed by atoms with E-state index in [0.717, 1.165) is 54.0 Å². The minimum absolute atomic E-state index is 0.145. The highest BCUT2D eigenvalue weighted by Crippen LogP contribution is 2.27. The largest absolute Gasteiger partial charge is 0.494 e. The molecule has 1 aromatic heterocycles. The van der Waals surface area contributed by atoms with Crippen molar-refractivity contribution in [3.8, 4) is 5.88 Å². The zero-order valence-electron chi connectivity index (χ0n) is 16.3. The lowest BCUT2D eigenvalue weighted by molar-refractivity contribution is 0.316. The van der Waals surface area contributed by atoms with E-state index in [2.05, 4.69) is 53.1 Å². The molecule has 142 valence electrons. The van der Waals surface area contributed by atoms with Crippen molar-refractivity contribution in [3.63, 3.8) is 0 Å². The van der Waals surface area contributed by atoms with Crippen molar-refractivity contribution in [2.45, 2.75) is 20.8 Å². The van der Waals surface area contributed by atoms with Crippen molar-refractivity contribution < 1.29 is 5.11 Å². The zero-order valence-corrected chi connectivity index (χ0v) is 16.3. The van der Waals surface area contributed by atoms with Crippen LogP contribution in [0.1, 0.15) is 25.0 Å². The molecular weight excluding hydrogens is 336 g/mol. The standard InChI is InChI=1S/C22H28N4O/c1-4-26(5-2)13-12-23-20-11-10-17(14-16(20)3)24-15-19-18-8-6-7-9-21(18)25-22(19)27/h6-11,14-15,23,25,27H,4-5,12-13H2,1-3H3. The topological polar surface area (TPSA) is 63.6 Å². The van der Waals surface area contributed by atoms with Gasteiger partial charge in [0.2, 0.25) is 0 Å². The van der Waals surface area contributed by atoms with E-state index in [0.29, 0.717) is 5.56 Å². The van der Waals surface area contributed by atoms with Gasteiger partial charge in [0.1, 0.15) is 0 Å². The maximum Gasteiger partial charge on any atom is 0.198 e. The number of aliphatic imine (C=N–C) groups is 1. The molecule has 3 rings (SSSR count). The van der Waals surface area contributed by atoms with Gasteiger partial charge in [-0.15, -0.1) is 0 Å². The summed E-state index contributed by atoms with van der Waals surface area (Å²) in [5.41, 5.74) is 4.78. The Labute approximate surface area is 160 Å². The number of fused-ring (bicyclic) bond motifs is 1. The number of hydrogen-bond donors (Lipinski definition) is 3. The summed E-state index contributed by atoms with van der Waals surface area (Å²) in [5, 5.41) is 14.6. The van der Waals surface area contributed by atoms with Crippen molar-refractivity contribution in [3.05, 3.63) is 53.6 Å². The van der Waals surface area contributed by atoms with Gasteiger partial charge < -0.3 is 20.3 Å². The van der Waals surface area contributed by atoms with Crippen LogP contribution in [-0.2, 0) is 0 Å². The zero-order chi connectivity index (χ0) is 19.2. The van der Waals surface area contributed by atoms with Crippen LogP contribution in [0.25, 0.3) is 10.9 Å². The van der Waals surface area contributed by atoms with Gasteiger partial charge in [-0.3, -0.25) is 4.99 Å². The monoisotopic (exact) mass is 364 g/mol. The molecule has 0 aliphatic heterocycles. The van der Waals surface area contributed by atoms with Crippen molar-refractivity contribution >= 4 is 28.5 Å². The number of para-hydroxylation sites is 1. The van der Waals surface area contributed by atoms with Crippen LogP contribution in [-0.4, -0.2) is 47.4 Å². The van der Waals surface area contributed by atoms with Crippen molar-refractivity contribution in [1.82, 2.24) is 9.88 Å². The molecule has 0 aliphatic rings. The molecule has 0 bridgehead atoms. The van der Waals surface area contributed by atoms with Gasteiger partial charge >= 0.3 is 0 Å². The highest BCUT2D eigenvalue weighted by Gasteiger charge is 2.08. The highest BCUT2D eigenvalue weighted by molar-refractivity contribution is 6.02. The molecular formula is C22H28N4O. The summed E-state index contributed by atoms with van der Waals surface area (Å²) >= 11 is 0. The normalized spacial score (nSPS) is 11.7. The Balaban J connectivity index is 1.70. The maximum absolute atomic E-state index is 10.1. The average molecular weight is 364 g/mol. The molecule has 0 spiro atoms. The number of benzene rings is 2. The number of aromatic amines is 1. The van der Waals surface area contributed by atoms with Crippen molar-refractivity contribution in [2.24, 2.45) is 4.99 Å². The molecule has 27 heavy (non-hydrogen) atoms. The highest BCUT2D eigenvalue weighted by atomic mass is 16.3. The first kappa shape index (κ1) is 19.0.